The number of sulfonamides is 1. The van der Waals surface area contributed by atoms with E-state index in [0.717, 1.165) is 10.4 Å². The first-order valence-electron chi connectivity index (χ1n) is 5.77. The van der Waals surface area contributed by atoms with Crippen LogP contribution in [-0.4, -0.2) is 15.0 Å². The third-order valence-corrected chi connectivity index (χ3v) is 5.50. The second kappa shape index (κ2) is 6.05. The first-order chi connectivity index (χ1) is 8.99. The minimum Gasteiger partial charge on any atom is -0.211 e. The Kier molecular flexibility index (Phi) is 4.62. The topological polar surface area (TPSA) is 46.2 Å². The zero-order chi connectivity index (χ0) is 13.9. The number of rotatable bonds is 5. The average Bonchev–Trinajstić information content (AvgIpc) is 2.85. The van der Waals surface area contributed by atoms with Crippen molar-refractivity contribution in [2.45, 2.75) is 18.2 Å². The van der Waals surface area contributed by atoms with E-state index in [0.29, 0.717) is 18.0 Å². The van der Waals surface area contributed by atoms with Crippen molar-refractivity contribution in [2.24, 2.45) is 0 Å². The molecule has 6 heteroatoms. The fourth-order valence-electron chi connectivity index (χ4n) is 1.59. The molecule has 0 amide bonds. The number of halogens is 1. The van der Waals surface area contributed by atoms with Gasteiger partial charge in [0.25, 0.3) is 0 Å². The van der Waals surface area contributed by atoms with E-state index in [1.165, 1.54) is 6.07 Å². The Bertz CT molecular complexity index is 651. The third-order valence-electron chi connectivity index (χ3n) is 2.70. The Hall–Kier alpha value is -0.880. The van der Waals surface area contributed by atoms with Gasteiger partial charge in [0.05, 0.1) is 4.90 Å². The highest BCUT2D eigenvalue weighted by Gasteiger charge is 2.14. The molecule has 0 aliphatic heterocycles. The van der Waals surface area contributed by atoms with Crippen LogP contribution in [0, 0.1) is 6.92 Å². The van der Waals surface area contributed by atoms with Crippen LogP contribution in [-0.2, 0) is 16.4 Å². The maximum Gasteiger partial charge on any atom is 0.240 e. The lowest BCUT2D eigenvalue weighted by Crippen LogP contribution is -2.25. The summed E-state index contributed by atoms with van der Waals surface area (Å²) < 4.78 is 26.7. The van der Waals surface area contributed by atoms with E-state index < -0.39 is 10.0 Å². The molecule has 1 aromatic heterocycles. The molecule has 0 spiro atoms. The summed E-state index contributed by atoms with van der Waals surface area (Å²) in [5.41, 5.74) is 0.860. The highest BCUT2D eigenvalue weighted by atomic mass is 35.5. The van der Waals surface area contributed by atoms with Crippen LogP contribution in [0.4, 0.5) is 0 Å². The summed E-state index contributed by atoms with van der Waals surface area (Å²) in [5, 5.41) is 2.44. The van der Waals surface area contributed by atoms with E-state index in [9.17, 15) is 8.42 Å². The Morgan fingerprint density at radius 2 is 2.11 bits per heavy atom. The number of nitrogens with one attached hydrogen (secondary N) is 1. The van der Waals surface area contributed by atoms with E-state index in [-0.39, 0.29) is 4.90 Å². The van der Waals surface area contributed by atoms with Crippen LogP contribution in [0.2, 0.25) is 5.02 Å². The maximum atomic E-state index is 12.1. The number of hydrogen-bond donors (Lipinski definition) is 1. The molecule has 1 heterocycles. The Balaban J connectivity index is 2.03. The summed E-state index contributed by atoms with van der Waals surface area (Å²) in [6.07, 6.45) is 0.691. The molecule has 0 fully saturated rings. The third kappa shape index (κ3) is 3.79. The molecule has 0 radical (unpaired) electrons. The molecule has 2 aromatic rings. The largest absolute Gasteiger partial charge is 0.240 e. The first kappa shape index (κ1) is 14.5. The lowest BCUT2D eigenvalue weighted by Gasteiger charge is -2.07. The van der Waals surface area contributed by atoms with Crippen LogP contribution in [0.3, 0.4) is 0 Å². The minimum absolute atomic E-state index is 0.203. The molecule has 0 aliphatic carbocycles. The quantitative estimate of drug-likeness (QED) is 0.920. The molecule has 3 nitrogen and oxygen atoms in total. The first-order valence-corrected chi connectivity index (χ1v) is 8.51. The molecule has 1 N–H and O–H groups in total. The second-order valence-electron chi connectivity index (χ2n) is 4.14. The summed E-state index contributed by atoms with van der Waals surface area (Å²) in [7, 11) is -3.48. The van der Waals surface area contributed by atoms with Crippen molar-refractivity contribution in [1.82, 2.24) is 4.72 Å². The molecular weight excluding hydrogens is 302 g/mol. The smallest absolute Gasteiger partial charge is 0.211 e. The van der Waals surface area contributed by atoms with Crippen LogP contribution < -0.4 is 4.72 Å². The summed E-state index contributed by atoms with van der Waals surface area (Å²) in [5.74, 6) is 0. The highest BCUT2D eigenvalue weighted by molar-refractivity contribution is 7.89. The molecule has 0 atom stereocenters. The van der Waals surface area contributed by atoms with Crippen molar-refractivity contribution in [3.05, 3.63) is 51.2 Å². The van der Waals surface area contributed by atoms with Gasteiger partial charge in [-0.1, -0.05) is 23.7 Å². The normalized spacial score (nSPS) is 11.7. The Morgan fingerprint density at radius 3 is 2.74 bits per heavy atom. The molecule has 0 bridgehead atoms. The van der Waals surface area contributed by atoms with E-state index in [1.807, 2.05) is 24.4 Å². The van der Waals surface area contributed by atoms with Crippen molar-refractivity contribution >= 4 is 33.0 Å². The van der Waals surface area contributed by atoms with Crippen LogP contribution in [0.5, 0.6) is 0 Å². The van der Waals surface area contributed by atoms with Crippen molar-refractivity contribution in [2.75, 3.05) is 6.54 Å². The molecule has 0 saturated carbocycles. The van der Waals surface area contributed by atoms with E-state index >= 15 is 0 Å². The number of aryl methyl sites for hydroxylation is 1. The molecule has 102 valence electrons. The van der Waals surface area contributed by atoms with Gasteiger partial charge >= 0.3 is 0 Å². The van der Waals surface area contributed by atoms with E-state index in [4.69, 9.17) is 11.6 Å². The van der Waals surface area contributed by atoms with E-state index in [1.54, 1.807) is 23.5 Å². The van der Waals surface area contributed by atoms with Crippen molar-refractivity contribution in [1.29, 1.82) is 0 Å². The lowest BCUT2D eigenvalue weighted by molar-refractivity contribution is 0.582. The maximum absolute atomic E-state index is 12.1. The molecular formula is C13H14ClNO2S2. The van der Waals surface area contributed by atoms with Gasteiger partial charge in [0.2, 0.25) is 10.0 Å². The van der Waals surface area contributed by atoms with Crippen molar-refractivity contribution in [3.63, 3.8) is 0 Å². The second-order valence-corrected chi connectivity index (χ2v) is 7.34. The molecule has 0 unspecified atom stereocenters. The SMILES string of the molecule is Cc1ccc(S(=O)(=O)NCCc2cccs2)cc1Cl. The predicted octanol–water partition coefficient (Wildman–Crippen LogP) is 3.23. The van der Waals surface area contributed by atoms with Gasteiger partial charge in [-0.05, 0) is 42.5 Å². The summed E-state index contributed by atoms with van der Waals surface area (Å²) in [4.78, 5) is 1.36. The standard InChI is InChI=1S/C13H14ClNO2S2/c1-10-4-5-12(9-13(10)14)19(16,17)15-7-6-11-3-2-8-18-11/h2-5,8-9,15H,6-7H2,1H3. The van der Waals surface area contributed by atoms with Gasteiger partial charge < -0.3 is 0 Å². The van der Waals surface area contributed by atoms with Gasteiger partial charge in [-0.15, -0.1) is 11.3 Å². The number of benzene rings is 1. The monoisotopic (exact) mass is 315 g/mol. The van der Waals surface area contributed by atoms with Crippen LogP contribution in [0.1, 0.15) is 10.4 Å². The van der Waals surface area contributed by atoms with Crippen LogP contribution >= 0.6 is 22.9 Å². The van der Waals surface area contributed by atoms with Gasteiger partial charge in [0, 0.05) is 16.4 Å². The molecule has 0 saturated heterocycles. The van der Waals surface area contributed by atoms with Crippen LogP contribution in [0.25, 0.3) is 0 Å². The Labute approximate surface area is 122 Å². The fourth-order valence-corrected chi connectivity index (χ4v) is 3.60. The fraction of sp³-hybridized carbons (Fsp3) is 0.231. The predicted molar refractivity (Wildman–Crippen MR) is 79.4 cm³/mol. The van der Waals surface area contributed by atoms with Gasteiger partial charge in [0.15, 0.2) is 0 Å². The lowest BCUT2D eigenvalue weighted by atomic mass is 10.2. The number of thiophene rings is 1. The summed E-state index contributed by atoms with van der Waals surface area (Å²) in [6, 6.07) is 8.69. The van der Waals surface area contributed by atoms with Crippen molar-refractivity contribution in [3.8, 4) is 0 Å². The van der Waals surface area contributed by atoms with Crippen molar-refractivity contribution < 1.29 is 8.42 Å². The highest BCUT2D eigenvalue weighted by Crippen LogP contribution is 2.19. The van der Waals surface area contributed by atoms with Gasteiger partial charge in [0.1, 0.15) is 0 Å². The van der Waals surface area contributed by atoms with Gasteiger partial charge in [-0.3, -0.25) is 0 Å². The van der Waals surface area contributed by atoms with Gasteiger partial charge in [-0.2, -0.15) is 0 Å². The summed E-state index contributed by atoms with van der Waals surface area (Å²) in [6.45, 7) is 2.22. The Morgan fingerprint density at radius 1 is 1.32 bits per heavy atom. The van der Waals surface area contributed by atoms with Crippen LogP contribution in [0.15, 0.2) is 40.6 Å². The average molecular weight is 316 g/mol. The zero-order valence-electron chi connectivity index (χ0n) is 10.4. The molecule has 0 aliphatic rings. The number of hydrogen-bond acceptors (Lipinski definition) is 3. The molecule has 2 rings (SSSR count). The minimum atomic E-state index is -3.48. The molecule has 19 heavy (non-hydrogen) atoms. The summed E-state index contributed by atoms with van der Waals surface area (Å²) >= 11 is 7.56. The molecule has 1 aromatic carbocycles. The zero-order valence-corrected chi connectivity index (χ0v) is 12.8. The van der Waals surface area contributed by atoms with E-state index in [2.05, 4.69) is 4.72 Å². The van der Waals surface area contributed by atoms with Gasteiger partial charge in [-0.25, -0.2) is 13.1 Å².